The van der Waals surface area contributed by atoms with Crippen LogP contribution < -0.4 is 10.6 Å². The van der Waals surface area contributed by atoms with Crippen molar-refractivity contribution >= 4 is 11.7 Å². The van der Waals surface area contributed by atoms with Gasteiger partial charge in [0.15, 0.2) is 5.78 Å². The molecule has 2 N–H and O–H groups in total. The zero-order chi connectivity index (χ0) is 22.6. The third-order valence-corrected chi connectivity index (χ3v) is 9.78. The van der Waals surface area contributed by atoms with Crippen LogP contribution in [0, 0.1) is 34.5 Å². The molecule has 0 aromatic rings. The van der Waals surface area contributed by atoms with Gasteiger partial charge in [0.05, 0.1) is 5.70 Å². The Kier molecular flexibility index (Phi) is 5.83. The number of fused-ring (bicyclic) bond motifs is 5. The average molecular weight is 425 g/mol. The molecule has 0 aromatic carbocycles. The average Bonchev–Trinajstić information content (AvgIpc) is 3.11. The van der Waals surface area contributed by atoms with Gasteiger partial charge in [-0.15, -0.1) is 0 Å². The summed E-state index contributed by atoms with van der Waals surface area (Å²) in [5.74, 6) is 2.03. The van der Waals surface area contributed by atoms with Crippen LogP contribution in [0.4, 0.5) is 0 Å². The minimum absolute atomic E-state index is 0.0164. The second kappa shape index (κ2) is 8.03. The molecule has 2 fully saturated rings. The molecule has 0 aliphatic heterocycles. The minimum atomic E-state index is -0.156. The van der Waals surface area contributed by atoms with E-state index in [4.69, 9.17) is 0 Å². The molecule has 4 rings (SSSR count). The summed E-state index contributed by atoms with van der Waals surface area (Å²) in [6.07, 6.45) is 12.9. The second-order valence-corrected chi connectivity index (χ2v) is 11.0. The first kappa shape index (κ1) is 22.5. The predicted octanol–water partition coefficient (Wildman–Crippen LogP) is 4.93. The summed E-state index contributed by atoms with van der Waals surface area (Å²) in [5.41, 5.74) is 3.10. The lowest BCUT2D eigenvalue weighted by Crippen LogP contribution is -2.55. The first-order valence-electron chi connectivity index (χ1n) is 12.2. The van der Waals surface area contributed by atoms with Crippen molar-refractivity contribution in [2.24, 2.45) is 34.5 Å². The Hall–Kier alpha value is -1.68. The van der Waals surface area contributed by atoms with Gasteiger partial charge in [-0.2, -0.15) is 0 Å². The zero-order valence-electron chi connectivity index (χ0n) is 20.2. The van der Waals surface area contributed by atoms with Crippen LogP contribution in [-0.2, 0) is 9.59 Å². The highest BCUT2D eigenvalue weighted by Gasteiger charge is 2.59. The maximum atomic E-state index is 13.4. The van der Waals surface area contributed by atoms with Crippen LogP contribution in [0.15, 0.2) is 35.1 Å². The van der Waals surface area contributed by atoms with E-state index in [2.05, 4.69) is 44.5 Å². The van der Waals surface area contributed by atoms with E-state index in [1.165, 1.54) is 19.3 Å². The lowest BCUT2D eigenvalue weighted by Gasteiger charge is -2.59. The Bertz CT molecular complexity index is 868. The van der Waals surface area contributed by atoms with Crippen LogP contribution in [0.2, 0.25) is 0 Å². The summed E-state index contributed by atoms with van der Waals surface area (Å²) < 4.78 is 0. The van der Waals surface area contributed by atoms with E-state index in [-0.39, 0.29) is 23.0 Å². The Morgan fingerprint density at radius 1 is 1.19 bits per heavy atom. The number of ketones is 1. The number of hydrogen-bond acceptors (Lipinski definition) is 3. The fourth-order valence-electron chi connectivity index (χ4n) is 7.68. The van der Waals surface area contributed by atoms with Gasteiger partial charge in [-0.3, -0.25) is 9.59 Å². The van der Waals surface area contributed by atoms with Gasteiger partial charge in [0.1, 0.15) is 0 Å². The molecule has 0 heterocycles. The summed E-state index contributed by atoms with van der Waals surface area (Å²) in [4.78, 5) is 25.8. The monoisotopic (exact) mass is 424 g/mol. The van der Waals surface area contributed by atoms with E-state index in [1.54, 1.807) is 18.6 Å². The summed E-state index contributed by atoms with van der Waals surface area (Å²) in [6.45, 7) is 10.8. The third-order valence-electron chi connectivity index (χ3n) is 9.78. The number of rotatable bonds is 4. The Morgan fingerprint density at radius 3 is 2.61 bits per heavy atom. The molecule has 7 unspecified atom stereocenters. The van der Waals surface area contributed by atoms with Crippen LogP contribution in [0.25, 0.3) is 0 Å². The topological polar surface area (TPSA) is 58.2 Å². The summed E-state index contributed by atoms with van der Waals surface area (Å²) >= 11 is 0. The van der Waals surface area contributed by atoms with E-state index in [1.807, 2.05) is 13.0 Å². The molecule has 31 heavy (non-hydrogen) atoms. The third kappa shape index (κ3) is 3.37. The van der Waals surface area contributed by atoms with E-state index < -0.39 is 0 Å². The maximum Gasteiger partial charge on any atom is 0.251 e. The van der Waals surface area contributed by atoms with Crippen molar-refractivity contribution in [1.82, 2.24) is 10.6 Å². The normalized spacial score (nSPS) is 40.8. The highest BCUT2D eigenvalue weighted by atomic mass is 16.2. The van der Waals surface area contributed by atoms with E-state index in [0.717, 1.165) is 19.3 Å². The molecule has 0 aromatic heterocycles. The molecule has 7 atom stereocenters. The molecule has 0 spiro atoms. The summed E-state index contributed by atoms with van der Waals surface area (Å²) in [5, 5.41) is 6.37. The lowest BCUT2D eigenvalue weighted by molar-refractivity contribution is -0.138. The fraction of sp³-hybridized carbons (Fsp3) is 0.704. The van der Waals surface area contributed by atoms with Crippen molar-refractivity contribution in [3.63, 3.8) is 0 Å². The molecule has 0 saturated heterocycles. The molecular formula is C27H40N2O2. The van der Waals surface area contributed by atoms with Gasteiger partial charge >= 0.3 is 0 Å². The van der Waals surface area contributed by atoms with Crippen molar-refractivity contribution in [2.45, 2.75) is 79.2 Å². The number of allylic oxidation sites excluding steroid dienone is 4. The molecule has 1 amide bonds. The van der Waals surface area contributed by atoms with Crippen molar-refractivity contribution in [2.75, 3.05) is 7.05 Å². The molecule has 2 saturated carbocycles. The smallest absolute Gasteiger partial charge is 0.251 e. The van der Waals surface area contributed by atoms with Crippen molar-refractivity contribution in [3.8, 4) is 0 Å². The molecule has 0 bridgehead atoms. The highest BCUT2D eigenvalue weighted by molar-refractivity contribution is 6.04. The van der Waals surface area contributed by atoms with Crippen LogP contribution in [0.5, 0.6) is 0 Å². The van der Waals surface area contributed by atoms with E-state index >= 15 is 0 Å². The van der Waals surface area contributed by atoms with Crippen molar-refractivity contribution in [3.05, 3.63) is 35.1 Å². The SMILES string of the molecule is CC=C(C)C(=O)NC1=CCC2(C)C(CCC3C4CC=C(C(C)NC)C4(C)CCC32)C1=O. The molecule has 0 radical (unpaired) electrons. The molecule has 4 heteroatoms. The molecule has 170 valence electrons. The predicted molar refractivity (Wildman–Crippen MR) is 125 cm³/mol. The van der Waals surface area contributed by atoms with Crippen molar-refractivity contribution in [1.29, 1.82) is 0 Å². The number of amides is 1. The van der Waals surface area contributed by atoms with Crippen LogP contribution in [-0.4, -0.2) is 24.8 Å². The van der Waals surface area contributed by atoms with Crippen molar-refractivity contribution < 1.29 is 9.59 Å². The Labute approximate surface area is 188 Å². The van der Waals surface area contributed by atoms with Crippen LogP contribution >= 0.6 is 0 Å². The van der Waals surface area contributed by atoms with Gasteiger partial charge in [0.2, 0.25) is 0 Å². The number of carbonyl (C=O) groups is 2. The van der Waals surface area contributed by atoms with Gasteiger partial charge in [-0.05, 0) is 94.9 Å². The standard InChI is InChI=1S/C27H40N2O2/c1-7-16(2)25(31)29-23-13-15-27(5)21-12-14-26(4)19(17(3)28-6)10-11-20(26)18(21)8-9-22(27)24(23)30/h7,10,13,17-18,20-22,28H,8-9,11-12,14-15H2,1-6H3,(H,29,31). The second-order valence-electron chi connectivity index (χ2n) is 11.0. The molecule has 4 aliphatic carbocycles. The zero-order valence-corrected chi connectivity index (χ0v) is 20.2. The van der Waals surface area contributed by atoms with E-state index in [0.29, 0.717) is 40.5 Å². The van der Waals surface area contributed by atoms with Crippen LogP contribution in [0.1, 0.15) is 73.1 Å². The van der Waals surface area contributed by atoms with Gasteiger partial charge in [0, 0.05) is 17.5 Å². The summed E-state index contributed by atoms with van der Waals surface area (Å²) in [6, 6.07) is 0.435. The first-order valence-corrected chi connectivity index (χ1v) is 12.2. The fourth-order valence-corrected chi connectivity index (χ4v) is 7.68. The van der Waals surface area contributed by atoms with E-state index in [9.17, 15) is 9.59 Å². The first-order chi connectivity index (χ1) is 14.7. The van der Waals surface area contributed by atoms with Gasteiger partial charge in [0.25, 0.3) is 5.91 Å². The number of Topliss-reactive ketones (excluding diaryl/α,β-unsaturated/α-hetero) is 1. The maximum absolute atomic E-state index is 13.4. The quantitative estimate of drug-likeness (QED) is 0.497. The molecule has 4 aliphatic rings. The van der Waals surface area contributed by atoms with Gasteiger partial charge in [-0.25, -0.2) is 0 Å². The Morgan fingerprint density at radius 2 is 1.94 bits per heavy atom. The molecular weight excluding hydrogens is 384 g/mol. The number of hydrogen-bond donors (Lipinski definition) is 2. The van der Waals surface area contributed by atoms with Gasteiger partial charge < -0.3 is 10.6 Å². The number of nitrogens with one attached hydrogen (secondary N) is 2. The lowest BCUT2D eigenvalue weighted by atomic mass is 9.45. The summed E-state index contributed by atoms with van der Waals surface area (Å²) in [7, 11) is 2.06. The number of carbonyl (C=O) groups excluding carboxylic acids is 2. The van der Waals surface area contributed by atoms with Gasteiger partial charge in [-0.1, -0.05) is 37.6 Å². The molecule has 4 nitrogen and oxygen atoms in total. The highest BCUT2D eigenvalue weighted by Crippen LogP contribution is 2.65. The number of likely N-dealkylation sites (N-methyl/N-ethyl adjacent to an activating group) is 1. The largest absolute Gasteiger partial charge is 0.319 e. The minimum Gasteiger partial charge on any atom is -0.319 e. The Balaban J connectivity index is 1.57. The van der Waals surface area contributed by atoms with Crippen LogP contribution in [0.3, 0.4) is 0 Å².